The van der Waals surface area contributed by atoms with Crippen LogP contribution < -0.4 is 0 Å². The quantitative estimate of drug-likeness (QED) is 0.589. The molecule has 0 bridgehead atoms. The highest BCUT2D eigenvalue weighted by Gasteiger charge is 1.69. The lowest BCUT2D eigenvalue weighted by Crippen LogP contribution is -1.78. The molecule has 0 saturated carbocycles. The van der Waals surface area contributed by atoms with Gasteiger partial charge in [0, 0.05) is 20.1 Å². The summed E-state index contributed by atoms with van der Waals surface area (Å²) in [6.07, 6.45) is 2.04. The molecule has 0 heterocycles. The van der Waals surface area contributed by atoms with Crippen LogP contribution >= 0.6 is 0 Å². The Labute approximate surface area is 73.8 Å². The zero-order valence-corrected chi connectivity index (χ0v) is 8.08. The molecular weight excluding hydrogens is 160 g/mol. The van der Waals surface area contributed by atoms with Gasteiger partial charge in [0.25, 0.3) is 5.97 Å². The first-order valence-corrected chi connectivity index (χ1v) is 3.97. The van der Waals surface area contributed by atoms with Crippen LogP contribution in [0.25, 0.3) is 0 Å². The minimum atomic E-state index is -0.833. The topological polar surface area (TPSA) is 77.8 Å². The number of carboxylic acid groups (broad SMARTS) is 1. The molecule has 76 valence electrons. The summed E-state index contributed by atoms with van der Waals surface area (Å²) in [5, 5.41) is 23.1. The van der Waals surface area contributed by atoms with Crippen molar-refractivity contribution >= 4 is 5.97 Å². The molecule has 0 rings (SSSR count). The molecule has 0 saturated heterocycles. The molecule has 0 aliphatic rings. The Morgan fingerprint density at radius 1 is 1.25 bits per heavy atom. The van der Waals surface area contributed by atoms with Gasteiger partial charge in [0.05, 0.1) is 0 Å². The second-order valence-electron chi connectivity index (χ2n) is 1.91. The predicted octanol–water partition coefficient (Wildman–Crippen LogP) is 0.868. The number of unbranched alkanes of at least 4 members (excludes halogenated alkanes) is 1. The highest BCUT2D eigenvalue weighted by atomic mass is 16.4. The Kier molecular flexibility index (Phi) is 32.7. The SMILES string of the molecule is CC(=O)O.CCCCO.CCO. The summed E-state index contributed by atoms with van der Waals surface area (Å²) in [6.45, 7) is 5.41. The molecule has 0 aromatic rings. The summed E-state index contributed by atoms with van der Waals surface area (Å²) < 4.78 is 0. The van der Waals surface area contributed by atoms with Crippen molar-refractivity contribution in [3.05, 3.63) is 0 Å². The van der Waals surface area contributed by atoms with Gasteiger partial charge in [-0.1, -0.05) is 13.3 Å². The number of aliphatic carboxylic acids is 1. The second kappa shape index (κ2) is 22.4. The van der Waals surface area contributed by atoms with Gasteiger partial charge in [0.1, 0.15) is 0 Å². The number of aliphatic hydroxyl groups is 2. The molecule has 0 aliphatic heterocycles. The van der Waals surface area contributed by atoms with E-state index in [1.807, 2.05) is 0 Å². The van der Waals surface area contributed by atoms with Gasteiger partial charge in [-0.15, -0.1) is 0 Å². The fraction of sp³-hybridized carbons (Fsp3) is 0.875. The van der Waals surface area contributed by atoms with Crippen LogP contribution in [0.4, 0.5) is 0 Å². The van der Waals surface area contributed by atoms with Gasteiger partial charge in [-0.05, 0) is 13.3 Å². The van der Waals surface area contributed by atoms with Gasteiger partial charge in [0.2, 0.25) is 0 Å². The van der Waals surface area contributed by atoms with Crippen molar-refractivity contribution in [3.63, 3.8) is 0 Å². The molecule has 0 amide bonds. The second-order valence-corrected chi connectivity index (χ2v) is 1.91. The molecule has 0 aliphatic carbocycles. The third-order valence-electron chi connectivity index (χ3n) is 0.512. The standard InChI is InChI=1S/C4H10O.C2H4O2.C2H6O/c1-2-3-4-5;1-2(3)4;1-2-3/h5H,2-4H2,1H3;1H3,(H,3,4);3H,2H2,1H3. The number of carbonyl (C=O) groups is 1. The Bertz CT molecular complexity index is 67.5. The monoisotopic (exact) mass is 180 g/mol. The Morgan fingerprint density at radius 3 is 1.50 bits per heavy atom. The van der Waals surface area contributed by atoms with Crippen molar-refractivity contribution in [2.24, 2.45) is 0 Å². The van der Waals surface area contributed by atoms with Crippen LogP contribution in [-0.2, 0) is 4.79 Å². The highest BCUT2D eigenvalue weighted by molar-refractivity contribution is 5.62. The molecule has 0 fully saturated rings. The van der Waals surface area contributed by atoms with Gasteiger partial charge in [-0.2, -0.15) is 0 Å². The van der Waals surface area contributed by atoms with E-state index in [9.17, 15) is 0 Å². The van der Waals surface area contributed by atoms with Crippen LogP contribution in [0.5, 0.6) is 0 Å². The van der Waals surface area contributed by atoms with Crippen molar-refractivity contribution < 1.29 is 20.1 Å². The van der Waals surface area contributed by atoms with E-state index in [0.717, 1.165) is 19.8 Å². The first kappa shape index (κ1) is 17.5. The zero-order chi connectivity index (χ0) is 10.4. The highest BCUT2D eigenvalue weighted by Crippen LogP contribution is 1.78. The Morgan fingerprint density at radius 2 is 1.50 bits per heavy atom. The van der Waals surface area contributed by atoms with E-state index in [4.69, 9.17) is 20.1 Å². The fourth-order valence-corrected chi connectivity index (χ4v) is 0.158. The summed E-state index contributed by atoms with van der Waals surface area (Å²) in [5.74, 6) is -0.833. The molecule has 12 heavy (non-hydrogen) atoms. The molecule has 3 N–H and O–H groups in total. The van der Waals surface area contributed by atoms with E-state index in [1.165, 1.54) is 0 Å². The average Bonchev–Trinajstić information content (AvgIpc) is 1.89. The normalized spacial score (nSPS) is 7.08. The van der Waals surface area contributed by atoms with Crippen LogP contribution in [0.3, 0.4) is 0 Å². The minimum Gasteiger partial charge on any atom is -0.481 e. The number of hydrogen-bond acceptors (Lipinski definition) is 3. The smallest absolute Gasteiger partial charge is 0.300 e. The summed E-state index contributed by atoms with van der Waals surface area (Å²) in [4.78, 5) is 9.00. The predicted molar refractivity (Wildman–Crippen MR) is 48.1 cm³/mol. The summed E-state index contributed by atoms with van der Waals surface area (Å²) in [6, 6.07) is 0. The molecule has 4 nitrogen and oxygen atoms in total. The van der Waals surface area contributed by atoms with Crippen molar-refractivity contribution in [1.29, 1.82) is 0 Å². The minimum absolute atomic E-state index is 0.250. The van der Waals surface area contributed by atoms with E-state index < -0.39 is 5.97 Å². The molecule has 4 heteroatoms. The van der Waals surface area contributed by atoms with Gasteiger partial charge < -0.3 is 15.3 Å². The maximum atomic E-state index is 9.00. The van der Waals surface area contributed by atoms with Crippen molar-refractivity contribution in [2.75, 3.05) is 13.2 Å². The molecular formula is C8H20O4. The number of carboxylic acids is 1. The van der Waals surface area contributed by atoms with Gasteiger partial charge in [0.15, 0.2) is 0 Å². The summed E-state index contributed by atoms with van der Waals surface area (Å²) in [5.41, 5.74) is 0. The first-order chi connectivity index (χ1) is 5.56. The summed E-state index contributed by atoms with van der Waals surface area (Å²) in [7, 11) is 0. The first-order valence-electron chi connectivity index (χ1n) is 3.97. The maximum Gasteiger partial charge on any atom is 0.300 e. The van der Waals surface area contributed by atoms with Crippen LogP contribution in [-0.4, -0.2) is 34.5 Å². The lowest BCUT2D eigenvalue weighted by Gasteiger charge is -1.79. The molecule has 0 spiro atoms. The van der Waals surface area contributed by atoms with Crippen LogP contribution in [0, 0.1) is 0 Å². The van der Waals surface area contributed by atoms with Gasteiger partial charge in [-0.25, -0.2) is 0 Å². The van der Waals surface area contributed by atoms with E-state index >= 15 is 0 Å². The van der Waals surface area contributed by atoms with E-state index in [2.05, 4.69) is 6.92 Å². The zero-order valence-electron chi connectivity index (χ0n) is 8.08. The van der Waals surface area contributed by atoms with Gasteiger partial charge in [-0.3, -0.25) is 4.79 Å². The number of aliphatic hydroxyl groups excluding tert-OH is 2. The molecule has 0 aromatic carbocycles. The Balaban J connectivity index is -0.000000105. The lowest BCUT2D eigenvalue weighted by atomic mass is 10.4. The maximum absolute atomic E-state index is 9.00. The summed E-state index contributed by atoms with van der Waals surface area (Å²) >= 11 is 0. The molecule has 0 aromatic heterocycles. The van der Waals surface area contributed by atoms with Crippen LogP contribution in [0.1, 0.15) is 33.6 Å². The van der Waals surface area contributed by atoms with Crippen LogP contribution in [0.15, 0.2) is 0 Å². The molecule has 0 radical (unpaired) electrons. The largest absolute Gasteiger partial charge is 0.481 e. The van der Waals surface area contributed by atoms with E-state index in [1.54, 1.807) is 6.92 Å². The Hall–Kier alpha value is -0.610. The average molecular weight is 180 g/mol. The van der Waals surface area contributed by atoms with E-state index in [0.29, 0.717) is 6.61 Å². The lowest BCUT2D eigenvalue weighted by molar-refractivity contribution is -0.134. The van der Waals surface area contributed by atoms with Crippen molar-refractivity contribution in [1.82, 2.24) is 0 Å². The molecule has 0 atom stereocenters. The third-order valence-corrected chi connectivity index (χ3v) is 0.512. The number of hydrogen-bond donors (Lipinski definition) is 3. The van der Waals surface area contributed by atoms with Crippen LogP contribution in [0.2, 0.25) is 0 Å². The molecule has 0 unspecified atom stereocenters. The van der Waals surface area contributed by atoms with Crippen molar-refractivity contribution in [2.45, 2.75) is 33.6 Å². The fourth-order valence-electron chi connectivity index (χ4n) is 0.158. The van der Waals surface area contributed by atoms with E-state index in [-0.39, 0.29) is 6.61 Å². The van der Waals surface area contributed by atoms with Crippen molar-refractivity contribution in [3.8, 4) is 0 Å². The van der Waals surface area contributed by atoms with Gasteiger partial charge >= 0.3 is 0 Å². The number of rotatable bonds is 2. The third kappa shape index (κ3) is 342.